The molecule has 22 heavy (non-hydrogen) atoms. The van der Waals surface area contributed by atoms with Crippen LogP contribution in [-0.2, 0) is 6.54 Å². The van der Waals surface area contributed by atoms with Crippen molar-refractivity contribution < 1.29 is 18.0 Å². The number of benzene rings is 1. The van der Waals surface area contributed by atoms with Gasteiger partial charge in [-0.3, -0.25) is 9.78 Å². The van der Waals surface area contributed by atoms with E-state index in [-0.39, 0.29) is 12.1 Å². The lowest BCUT2D eigenvalue weighted by molar-refractivity contribution is 0.0738. The van der Waals surface area contributed by atoms with Crippen molar-refractivity contribution in [2.24, 2.45) is 0 Å². The third-order valence-corrected chi connectivity index (χ3v) is 3.45. The van der Waals surface area contributed by atoms with Crippen molar-refractivity contribution in [1.82, 2.24) is 9.88 Å². The van der Waals surface area contributed by atoms with Gasteiger partial charge in [0, 0.05) is 11.8 Å². The van der Waals surface area contributed by atoms with Crippen molar-refractivity contribution in [2.75, 3.05) is 0 Å². The maximum absolute atomic E-state index is 13.8. The van der Waals surface area contributed by atoms with E-state index in [2.05, 4.69) is 4.98 Å². The molecule has 1 aromatic carbocycles. The summed E-state index contributed by atoms with van der Waals surface area (Å²) >= 11 is 0. The zero-order valence-electron chi connectivity index (χ0n) is 11.1. The normalized spacial score (nSPS) is 16.5. The van der Waals surface area contributed by atoms with Gasteiger partial charge < -0.3 is 4.90 Å². The number of halogens is 3. The Morgan fingerprint density at radius 3 is 2.68 bits per heavy atom. The molecule has 0 spiro atoms. The number of nitrogens with zero attached hydrogens (tertiary/aromatic N) is 3. The first-order valence-electron chi connectivity index (χ1n) is 6.32. The van der Waals surface area contributed by atoms with Gasteiger partial charge >= 0.3 is 0 Å². The number of pyridine rings is 1. The molecule has 0 fully saturated rings. The molecule has 1 aliphatic rings. The zero-order chi connectivity index (χ0) is 15.9. The number of nitriles is 1. The Hall–Kier alpha value is -2.88. The second-order valence-corrected chi connectivity index (χ2v) is 4.74. The Labute approximate surface area is 123 Å². The SMILES string of the molecule is N#CC1c2cc(F)c(F)c(F)c2C(=O)N1Cc1ccccn1. The summed E-state index contributed by atoms with van der Waals surface area (Å²) in [5.74, 6) is -5.57. The standard InChI is InChI=1S/C15H8F3N3O/c16-10-5-9-11(6-19)21(7-8-3-1-2-4-20-8)15(22)12(9)14(18)13(10)17/h1-5,11H,7H2. The lowest BCUT2D eigenvalue weighted by Crippen LogP contribution is -2.27. The second kappa shape index (κ2) is 5.15. The molecular weight excluding hydrogens is 295 g/mol. The van der Waals surface area contributed by atoms with Crippen LogP contribution in [0.15, 0.2) is 30.5 Å². The van der Waals surface area contributed by atoms with E-state index in [4.69, 9.17) is 0 Å². The molecule has 0 saturated heterocycles. The van der Waals surface area contributed by atoms with Gasteiger partial charge in [-0.1, -0.05) is 6.07 Å². The van der Waals surface area contributed by atoms with Gasteiger partial charge in [-0.25, -0.2) is 13.2 Å². The van der Waals surface area contributed by atoms with Crippen molar-refractivity contribution in [3.63, 3.8) is 0 Å². The van der Waals surface area contributed by atoms with E-state index in [1.165, 1.54) is 6.20 Å². The fourth-order valence-corrected chi connectivity index (χ4v) is 2.44. The molecule has 7 heteroatoms. The molecule has 1 aliphatic heterocycles. The average Bonchev–Trinajstić information content (AvgIpc) is 2.78. The van der Waals surface area contributed by atoms with E-state index in [0.717, 1.165) is 4.90 Å². The van der Waals surface area contributed by atoms with Crippen LogP contribution < -0.4 is 0 Å². The minimum Gasteiger partial charge on any atom is -0.312 e. The second-order valence-electron chi connectivity index (χ2n) is 4.74. The highest BCUT2D eigenvalue weighted by Gasteiger charge is 2.41. The van der Waals surface area contributed by atoms with Crippen molar-refractivity contribution in [2.45, 2.75) is 12.6 Å². The molecule has 1 aromatic heterocycles. The van der Waals surface area contributed by atoms with E-state index >= 15 is 0 Å². The minimum atomic E-state index is -1.72. The zero-order valence-corrected chi connectivity index (χ0v) is 11.1. The highest BCUT2D eigenvalue weighted by molar-refractivity contribution is 6.00. The Balaban J connectivity index is 2.07. The smallest absolute Gasteiger partial charge is 0.259 e. The van der Waals surface area contributed by atoms with Crippen LogP contribution in [0.1, 0.15) is 27.7 Å². The van der Waals surface area contributed by atoms with Crippen LogP contribution in [-0.4, -0.2) is 15.8 Å². The predicted octanol–water partition coefficient (Wildman–Crippen LogP) is 2.72. The Morgan fingerprint density at radius 2 is 2.05 bits per heavy atom. The third-order valence-electron chi connectivity index (χ3n) is 3.45. The lowest BCUT2D eigenvalue weighted by Gasteiger charge is -2.19. The Kier molecular flexibility index (Phi) is 3.29. The summed E-state index contributed by atoms with van der Waals surface area (Å²) in [6, 6.07) is 6.32. The number of amides is 1. The van der Waals surface area contributed by atoms with Crippen LogP contribution in [0, 0.1) is 28.8 Å². The number of fused-ring (bicyclic) bond motifs is 1. The van der Waals surface area contributed by atoms with Crippen LogP contribution in [0.2, 0.25) is 0 Å². The van der Waals surface area contributed by atoms with Crippen molar-refractivity contribution >= 4 is 5.91 Å². The average molecular weight is 303 g/mol. The van der Waals surface area contributed by atoms with Gasteiger partial charge in [-0.05, 0) is 18.2 Å². The lowest BCUT2D eigenvalue weighted by atomic mass is 10.0. The molecule has 1 amide bonds. The molecule has 0 aliphatic carbocycles. The quantitative estimate of drug-likeness (QED) is 0.802. The number of hydrogen-bond donors (Lipinski definition) is 0. The molecule has 4 nitrogen and oxygen atoms in total. The highest BCUT2D eigenvalue weighted by atomic mass is 19.2. The number of aromatic nitrogens is 1. The fourth-order valence-electron chi connectivity index (χ4n) is 2.44. The first-order chi connectivity index (χ1) is 10.5. The van der Waals surface area contributed by atoms with Gasteiger partial charge in [0.25, 0.3) is 5.91 Å². The van der Waals surface area contributed by atoms with Gasteiger partial charge in [0.2, 0.25) is 0 Å². The molecule has 2 aromatic rings. The van der Waals surface area contributed by atoms with E-state index in [9.17, 15) is 23.2 Å². The first-order valence-corrected chi connectivity index (χ1v) is 6.32. The third kappa shape index (κ3) is 2.00. The Bertz CT molecular complexity index is 802. The monoisotopic (exact) mass is 303 g/mol. The van der Waals surface area contributed by atoms with Crippen LogP contribution in [0.4, 0.5) is 13.2 Å². The molecule has 1 unspecified atom stereocenters. The summed E-state index contributed by atoms with van der Waals surface area (Å²) in [5.41, 5.74) is -0.286. The number of rotatable bonds is 2. The van der Waals surface area contributed by atoms with Gasteiger partial charge in [0.1, 0.15) is 6.04 Å². The molecule has 0 N–H and O–H groups in total. The summed E-state index contributed by atoms with van der Waals surface area (Å²) in [6.07, 6.45) is 1.50. The van der Waals surface area contributed by atoms with Gasteiger partial charge in [0.05, 0.1) is 23.9 Å². The van der Waals surface area contributed by atoms with Crippen LogP contribution in [0.3, 0.4) is 0 Å². The first kappa shape index (κ1) is 14.1. The number of carbonyl (C=O) groups excluding carboxylic acids is 1. The molecule has 0 bridgehead atoms. The minimum absolute atomic E-state index is 0.0603. The largest absolute Gasteiger partial charge is 0.312 e. The number of hydrogen-bond acceptors (Lipinski definition) is 3. The molecule has 0 saturated carbocycles. The molecule has 3 rings (SSSR count). The summed E-state index contributed by atoms with van der Waals surface area (Å²) < 4.78 is 40.5. The van der Waals surface area contributed by atoms with E-state index in [1.807, 2.05) is 6.07 Å². The van der Waals surface area contributed by atoms with Crippen LogP contribution >= 0.6 is 0 Å². The van der Waals surface area contributed by atoms with Crippen LogP contribution in [0.25, 0.3) is 0 Å². The van der Waals surface area contributed by atoms with Crippen molar-refractivity contribution in [3.8, 4) is 6.07 Å². The molecule has 1 atom stereocenters. The van der Waals surface area contributed by atoms with Crippen molar-refractivity contribution in [3.05, 3.63) is 64.7 Å². The topological polar surface area (TPSA) is 57.0 Å². The maximum Gasteiger partial charge on any atom is 0.259 e. The van der Waals surface area contributed by atoms with E-state index in [1.54, 1.807) is 18.2 Å². The summed E-state index contributed by atoms with van der Waals surface area (Å²) in [4.78, 5) is 17.3. The molecule has 110 valence electrons. The summed E-state index contributed by atoms with van der Waals surface area (Å²) in [5, 5.41) is 9.23. The fraction of sp³-hybridized carbons (Fsp3) is 0.133. The molecular formula is C15H8F3N3O. The molecule has 2 heterocycles. The van der Waals surface area contributed by atoms with Gasteiger partial charge in [-0.2, -0.15) is 5.26 Å². The van der Waals surface area contributed by atoms with Crippen molar-refractivity contribution in [1.29, 1.82) is 5.26 Å². The molecule has 0 radical (unpaired) electrons. The van der Waals surface area contributed by atoms with E-state index in [0.29, 0.717) is 11.8 Å². The van der Waals surface area contributed by atoms with Gasteiger partial charge in [-0.15, -0.1) is 0 Å². The summed E-state index contributed by atoms with van der Waals surface area (Å²) in [7, 11) is 0. The van der Waals surface area contributed by atoms with E-state index < -0.39 is 35.0 Å². The highest BCUT2D eigenvalue weighted by Crippen LogP contribution is 2.37. The predicted molar refractivity (Wildman–Crippen MR) is 68.8 cm³/mol. The number of carbonyl (C=O) groups is 1. The maximum atomic E-state index is 13.8. The van der Waals surface area contributed by atoms with Gasteiger partial charge in [0.15, 0.2) is 17.5 Å². The van der Waals surface area contributed by atoms with Crippen LogP contribution in [0.5, 0.6) is 0 Å². The Morgan fingerprint density at radius 1 is 1.27 bits per heavy atom. The summed E-state index contributed by atoms with van der Waals surface area (Å²) in [6.45, 7) is -0.0603.